The summed E-state index contributed by atoms with van der Waals surface area (Å²) in [6.45, 7) is 0. The van der Waals surface area contributed by atoms with Crippen molar-refractivity contribution in [3.8, 4) is 0 Å². The second kappa shape index (κ2) is 5.51. The molecule has 0 aliphatic rings. The molecule has 0 unspecified atom stereocenters. The van der Waals surface area contributed by atoms with Crippen molar-refractivity contribution in [2.75, 3.05) is 0 Å². The Hall–Kier alpha value is -1.37. The van der Waals surface area contributed by atoms with Crippen LogP contribution in [0.15, 0.2) is 40.6 Å². The topological polar surface area (TPSA) is 68.9 Å². The Labute approximate surface area is 116 Å². The highest BCUT2D eigenvalue weighted by Crippen LogP contribution is 2.33. The van der Waals surface area contributed by atoms with E-state index in [1.807, 2.05) is 0 Å². The van der Waals surface area contributed by atoms with Gasteiger partial charge in [-0.1, -0.05) is 23.2 Å². The summed E-state index contributed by atoms with van der Waals surface area (Å²) in [5, 5.41) is 11.9. The van der Waals surface area contributed by atoms with Gasteiger partial charge in [0.25, 0.3) is 0 Å². The second-order valence-electron chi connectivity index (χ2n) is 3.16. The summed E-state index contributed by atoms with van der Waals surface area (Å²) < 4.78 is 0. The molecule has 92 valence electrons. The summed E-state index contributed by atoms with van der Waals surface area (Å²) in [5.74, 6) is 0. The second-order valence-corrected chi connectivity index (χ2v) is 5.01. The molecule has 18 heavy (non-hydrogen) atoms. The average Bonchev–Trinajstić information content (AvgIpc) is 2.34. The summed E-state index contributed by atoms with van der Waals surface area (Å²) in [5.41, 5.74) is -0.156. The predicted octanol–water partition coefficient (Wildman–Crippen LogP) is 3.84. The maximum Gasteiger partial charge on any atom is 0.305 e. The maximum absolute atomic E-state index is 10.4. The van der Waals surface area contributed by atoms with E-state index in [2.05, 4.69) is 9.97 Å². The molecule has 8 heteroatoms. The number of rotatable bonds is 3. The molecule has 0 amide bonds. The van der Waals surface area contributed by atoms with Crippen molar-refractivity contribution in [1.82, 2.24) is 9.97 Å². The number of aromatic nitrogens is 2. The van der Waals surface area contributed by atoms with Gasteiger partial charge in [0.1, 0.15) is 12.4 Å². The van der Waals surface area contributed by atoms with E-state index in [4.69, 9.17) is 23.2 Å². The van der Waals surface area contributed by atoms with Gasteiger partial charge in [-0.2, -0.15) is 0 Å². The van der Waals surface area contributed by atoms with Crippen LogP contribution in [-0.2, 0) is 0 Å². The summed E-state index contributed by atoms with van der Waals surface area (Å²) in [6.07, 6.45) is 2.29. The van der Waals surface area contributed by atoms with Crippen LogP contribution in [-0.4, -0.2) is 14.9 Å². The number of benzene rings is 1. The molecule has 0 aliphatic heterocycles. The van der Waals surface area contributed by atoms with Crippen LogP contribution in [0.25, 0.3) is 0 Å². The van der Waals surface area contributed by atoms with Gasteiger partial charge >= 0.3 is 5.69 Å². The van der Waals surface area contributed by atoms with Crippen LogP contribution in [0.4, 0.5) is 5.69 Å². The van der Waals surface area contributed by atoms with E-state index in [1.54, 1.807) is 18.2 Å². The van der Waals surface area contributed by atoms with Crippen molar-refractivity contribution < 1.29 is 4.92 Å². The van der Waals surface area contributed by atoms with E-state index in [1.165, 1.54) is 11.8 Å². The minimum atomic E-state index is -0.555. The maximum atomic E-state index is 10.4. The lowest BCUT2D eigenvalue weighted by Gasteiger charge is -2.02. The molecule has 1 heterocycles. The molecule has 1 aromatic carbocycles. The molecule has 2 rings (SSSR count). The number of hydrogen-bond donors (Lipinski definition) is 0. The molecule has 0 N–H and O–H groups in total. The fraction of sp³-hybridized carbons (Fsp3) is 0. The number of hydrogen-bond acceptors (Lipinski definition) is 5. The van der Waals surface area contributed by atoms with E-state index in [0.717, 1.165) is 12.4 Å². The first kappa shape index (κ1) is 13.1. The predicted molar refractivity (Wildman–Crippen MR) is 69.3 cm³/mol. The Kier molecular flexibility index (Phi) is 4.00. The third kappa shape index (κ3) is 3.10. The van der Waals surface area contributed by atoms with Gasteiger partial charge in [0.15, 0.2) is 5.16 Å². The van der Waals surface area contributed by atoms with Gasteiger partial charge in [-0.25, -0.2) is 9.97 Å². The standard InChI is InChI=1S/C10H5Cl2N3O2S/c11-6-1-2-8(12)9(3-6)18-10-13-4-7(5-14-10)15(16)17/h1-5H. The Balaban J connectivity index is 2.23. The SMILES string of the molecule is O=[N+]([O-])c1cnc(Sc2cc(Cl)ccc2Cl)nc1. The van der Waals surface area contributed by atoms with Gasteiger partial charge < -0.3 is 0 Å². The molecule has 1 aromatic heterocycles. The average molecular weight is 302 g/mol. The molecule has 0 fully saturated rings. The van der Waals surface area contributed by atoms with E-state index in [9.17, 15) is 10.1 Å². The van der Waals surface area contributed by atoms with Crippen LogP contribution in [0.5, 0.6) is 0 Å². The number of nitrogens with zero attached hydrogens (tertiary/aromatic N) is 3. The van der Waals surface area contributed by atoms with Crippen LogP contribution >= 0.6 is 35.0 Å². The van der Waals surface area contributed by atoms with Gasteiger partial charge in [-0.3, -0.25) is 10.1 Å². The first-order chi connectivity index (χ1) is 8.56. The highest BCUT2D eigenvalue weighted by molar-refractivity contribution is 7.99. The van der Waals surface area contributed by atoms with Crippen LogP contribution in [0.1, 0.15) is 0 Å². The van der Waals surface area contributed by atoms with E-state index in [-0.39, 0.29) is 5.69 Å². The Morgan fingerprint density at radius 1 is 1.22 bits per heavy atom. The third-order valence-electron chi connectivity index (χ3n) is 1.92. The van der Waals surface area contributed by atoms with Gasteiger partial charge in [-0.05, 0) is 30.0 Å². The molecule has 5 nitrogen and oxygen atoms in total. The molecule has 0 bridgehead atoms. The van der Waals surface area contributed by atoms with Gasteiger partial charge in [0.2, 0.25) is 0 Å². The zero-order valence-corrected chi connectivity index (χ0v) is 11.0. The Morgan fingerprint density at radius 2 is 1.89 bits per heavy atom. The van der Waals surface area contributed by atoms with E-state index < -0.39 is 4.92 Å². The molecule has 2 aromatic rings. The zero-order chi connectivity index (χ0) is 13.1. The monoisotopic (exact) mass is 301 g/mol. The van der Waals surface area contributed by atoms with Crippen LogP contribution in [0, 0.1) is 10.1 Å². The molecule has 0 radical (unpaired) electrons. The minimum Gasteiger partial charge on any atom is -0.258 e. The van der Waals surface area contributed by atoms with Crippen LogP contribution in [0.2, 0.25) is 10.0 Å². The first-order valence-corrected chi connectivity index (χ1v) is 6.23. The largest absolute Gasteiger partial charge is 0.305 e. The van der Waals surface area contributed by atoms with Crippen molar-refractivity contribution in [3.05, 3.63) is 50.8 Å². The van der Waals surface area contributed by atoms with Crippen molar-refractivity contribution in [1.29, 1.82) is 0 Å². The first-order valence-electron chi connectivity index (χ1n) is 4.65. The highest BCUT2D eigenvalue weighted by atomic mass is 35.5. The molecular weight excluding hydrogens is 297 g/mol. The lowest BCUT2D eigenvalue weighted by atomic mass is 10.4. The van der Waals surface area contributed by atoms with Crippen molar-refractivity contribution in [2.24, 2.45) is 0 Å². The van der Waals surface area contributed by atoms with E-state index in [0.29, 0.717) is 20.1 Å². The lowest BCUT2D eigenvalue weighted by Crippen LogP contribution is -1.92. The number of nitro groups is 1. The fourth-order valence-electron chi connectivity index (χ4n) is 1.11. The Bertz CT molecular complexity index is 592. The van der Waals surface area contributed by atoms with E-state index >= 15 is 0 Å². The van der Waals surface area contributed by atoms with Crippen LogP contribution < -0.4 is 0 Å². The van der Waals surface area contributed by atoms with Gasteiger partial charge in [-0.15, -0.1) is 0 Å². The zero-order valence-electron chi connectivity index (χ0n) is 8.71. The van der Waals surface area contributed by atoms with Crippen LogP contribution in [0.3, 0.4) is 0 Å². The molecule has 0 saturated carbocycles. The quantitative estimate of drug-likeness (QED) is 0.489. The van der Waals surface area contributed by atoms with Gasteiger partial charge in [0.05, 0.1) is 9.95 Å². The Morgan fingerprint density at radius 3 is 2.50 bits per heavy atom. The lowest BCUT2D eigenvalue weighted by molar-refractivity contribution is -0.385. The smallest absolute Gasteiger partial charge is 0.258 e. The van der Waals surface area contributed by atoms with Crippen molar-refractivity contribution >= 4 is 40.7 Å². The molecular formula is C10H5Cl2N3O2S. The fourth-order valence-corrected chi connectivity index (χ4v) is 2.34. The molecule has 0 spiro atoms. The third-order valence-corrected chi connectivity index (χ3v) is 3.55. The van der Waals surface area contributed by atoms with Gasteiger partial charge in [0, 0.05) is 9.92 Å². The molecule has 0 atom stereocenters. The van der Waals surface area contributed by atoms with Crippen molar-refractivity contribution in [3.63, 3.8) is 0 Å². The summed E-state index contributed by atoms with van der Waals surface area (Å²) in [7, 11) is 0. The minimum absolute atomic E-state index is 0.156. The highest BCUT2D eigenvalue weighted by Gasteiger charge is 2.09. The summed E-state index contributed by atoms with van der Waals surface area (Å²) >= 11 is 13.0. The molecule has 0 aliphatic carbocycles. The molecule has 0 saturated heterocycles. The normalized spacial score (nSPS) is 10.3. The summed E-state index contributed by atoms with van der Waals surface area (Å²) in [4.78, 5) is 18.3. The number of halogens is 2. The van der Waals surface area contributed by atoms with Crippen molar-refractivity contribution in [2.45, 2.75) is 10.1 Å². The summed E-state index contributed by atoms with van der Waals surface area (Å²) in [6, 6.07) is 5.02.